The van der Waals surface area contributed by atoms with E-state index in [2.05, 4.69) is 10.3 Å². The Bertz CT molecular complexity index is 1360. The molecule has 1 aromatic carbocycles. The third-order valence-corrected chi connectivity index (χ3v) is 7.52. The van der Waals surface area contributed by atoms with Gasteiger partial charge in [0.15, 0.2) is 23.6 Å². The number of hydrogen-bond donors (Lipinski definition) is 1. The summed E-state index contributed by atoms with van der Waals surface area (Å²) in [6.07, 6.45) is -0.876. The first-order valence-electron chi connectivity index (χ1n) is 14.0. The summed E-state index contributed by atoms with van der Waals surface area (Å²) in [6, 6.07) is 8.93. The van der Waals surface area contributed by atoms with Gasteiger partial charge in [-0.05, 0) is 32.8 Å². The van der Waals surface area contributed by atoms with Crippen LogP contribution in [0.15, 0.2) is 42.6 Å². The van der Waals surface area contributed by atoms with Crippen LogP contribution in [-0.4, -0.2) is 72.6 Å². The molecule has 13 heteroatoms. The Labute approximate surface area is 260 Å². The van der Waals surface area contributed by atoms with Crippen molar-refractivity contribution in [1.29, 1.82) is 0 Å². The number of carbonyl (C=O) groups excluding carboxylic acids is 5. The van der Waals surface area contributed by atoms with E-state index < -0.39 is 71.9 Å². The third kappa shape index (κ3) is 8.46. The van der Waals surface area contributed by atoms with E-state index in [1.807, 2.05) is 6.07 Å². The molecule has 1 N–H and O–H groups in total. The Morgan fingerprint density at radius 2 is 1.80 bits per heavy atom. The van der Waals surface area contributed by atoms with Crippen molar-refractivity contribution in [3.8, 4) is 11.5 Å². The molecule has 1 aromatic heterocycles. The molecule has 1 saturated heterocycles. The van der Waals surface area contributed by atoms with Crippen molar-refractivity contribution in [1.82, 2.24) is 10.3 Å². The SMILES string of the molecule is COc1ccnc(C(=O)NC2COC(=O)C(Cc3ccccc3)C(OC(=O)C(C)C)C(C)OC2=O)c1OC(=O)C(C)(C)CCl. The van der Waals surface area contributed by atoms with Gasteiger partial charge < -0.3 is 29.0 Å². The number of pyridine rings is 1. The topological polar surface area (TPSA) is 156 Å². The number of ether oxygens (including phenoxy) is 5. The van der Waals surface area contributed by atoms with Crippen LogP contribution in [0.25, 0.3) is 0 Å². The minimum absolute atomic E-state index is 0.0273. The highest BCUT2D eigenvalue weighted by Crippen LogP contribution is 2.32. The molecule has 2 heterocycles. The van der Waals surface area contributed by atoms with Gasteiger partial charge in [0.2, 0.25) is 5.75 Å². The number of esters is 4. The summed E-state index contributed by atoms with van der Waals surface area (Å²) in [7, 11) is 1.31. The zero-order valence-electron chi connectivity index (χ0n) is 25.5. The van der Waals surface area contributed by atoms with E-state index in [1.165, 1.54) is 26.3 Å². The summed E-state index contributed by atoms with van der Waals surface area (Å²) < 4.78 is 27.5. The zero-order valence-corrected chi connectivity index (χ0v) is 26.2. The van der Waals surface area contributed by atoms with E-state index in [1.54, 1.807) is 52.0 Å². The lowest BCUT2D eigenvalue weighted by Crippen LogP contribution is -2.47. The van der Waals surface area contributed by atoms with Crippen LogP contribution in [0.4, 0.5) is 0 Å². The molecule has 12 nitrogen and oxygen atoms in total. The van der Waals surface area contributed by atoms with Gasteiger partial charge in [-0.2, -0.15) is 0 Å². The first kappa shape index (κ1) is 34.3. The van der Waals surface area contributed by atoms with Gasteiger partial charge in [0.05, 0.1) is 18.4 Å². The van der Waals surface area contributed by atoms with Crippen molar-refractivity contribution < 1.29 is 47.7 Å². The molecule has 1 amide bonds. The highest BCUT2D eigenvalue weighted by atomic mass is 35.5. The molecular weight excluding hydrogens is 596 g/mol. The Morgan fingerprint density at radius 1 is 1.11 bits per heavy atom. The van der Waals surface area contributed by atoms with Gasteiger partial charge in [-0.3, -0.25) is 19.2 Å². The Morgan fingerprint density at radius 3 is 2.41 bits per heavy atom. The van der Waals surface area contributed by atoms with Crippen LogP contribution < -0.4 is 14.8 Å². The van der Waals surface area contributed by atoms with E-state index in [4.69, 9.17) is 35.3 Å². The second-order valence-electron chi connectivity index (χ2n) is 11.2. The zero-order chi connectivity index (χ0) is 32.6. The van der Waals surface area contributed by atoms with Crippen LogP contribution in [0, 0.1) is 17.3 Å². The fourth-order valence-corrected chi connectivity index (χ4v) is 4.22. The number of amides is 1. The van der Waals surface area contributed by atoms with Gasteiger partial charge in [-0.1, -0.05) is 44.2 Å². The molecule has 4 unspecified atom stereocenters. The fraction of sp³-hybridized carbons (Fsp3) is 0.484. The molecule has 2 aromatic rings. The second kappa shape index (κ2) is 15.0. The van der Waals surface area contributed by atoms with Crippen molar-refractivity contribution in [2.75, 3.05) is 19.6 Å². The molecule has 0 bridgehead atoms. The number of alkyl halides is 1. The van der Waals surface area contributed by atoms with Crippen LogP contribution in [0.1, 0.15) is 50.7 Å². The smallest absolute Gasteiger partial charge is 0.332 e. The van der Waals surface area contributed by atoms with Crippen molar-refractivity contribution >= 4 is 41.4 Å². The molecule has 238 valence electrons. The number of cyclic esters (lactones) is 2. The Balaban J connectivity index is 1.91. The monoisotopic (exact) mass is 632 g/mol. The van der Waals surface area contributed by atoms with Gasteiger partial charge in [0, 0.05) is 18.1 Å². The quantitative estimate of drug-likeness (QED) is 0.233. The highest BCUT2D eigenvalue weighted by Gasteiger charge is 2.42. The number of methoxy groups -OCH3 is 1. The molecule has 1 aliphatic rings. The van der Waals surface area contributed by atoms with Crippen LogP contribution in [0.5, 0.6) is 11.5 Å². The Kier molecular flexibility index (Phi) is 11.7. The van der Waals surface area contributed by atoms with E-state index in [0.29, 0.717) is 0 Å². The maximum Gasteiger partial charge on any atom is 0.332 e. The first-order valence-corrected chi connectivity index (χ1v) is 14.6. The molecular formula is C31H37ClN2O10. The first-order chi connectivity index (χ1) is 20.8. The molecule has 1 aliphatic heterocycles. The van der Waals surface area contributed by atoms with E-state index >= 15 is 0 Å². The third-order valence-electron chi connectivity index (χ3n) is 6.85. The molecule has 0 spiro atoms. The normalized spacial score (nSPS) is 20.7. The predicted molar refractivity (Wildman–Crippen MR) is 157 cm³/mol. The molecule has 0 saturated carbocycles. The predicted octanol–water partition coefficient (Wildman–Crippen LogP) is 3.27. The van der Waals surface area contributed by atoms with Crippen molar-refractivity contribution in [2.24, 2.45) is 17.3 Å². The van der Waals surface area contributed by atoms with Gasteiger partial charge in [0.1, 0.15) is 18.6 Å². The van der Waals surface area contributed by atoms with Crippen molar-refractivity contribution in [3.63, 3.8) is 0 Å². The Hall–Kier alpha value is -4.19. The van der Waals surface area contributed by atoms with E-state index in [9.17, 15) is 24.0 Å². The van der Waals surface area contributed by atoms with Gasteiger partial charge in [-0.25, -0.2) is 9.78 Å². The average molecular weight is 633 g/mol. The molecule has 0 aliphatic carbocycles. The van der Waals surface area contributed by atoms with Gasteiger partial charge in [0.25, 0.3) is 5.91 Å². The number of hydrogen-bond acceptors (Lipinski definition) is 11. The van der Waals surface area contributed by atoms with Crippen molar-refractivity contribution in [3.05, 3.63) is 53.9 Å². The largest absolute Gasteiger partial charge is 0.493 e. The summed E-state index contributed by atoms with van der Waals surface area (Å²) >= 11 is 5.90. The number of benzene rings is 1. The number of carbonyl (C=O) groups is 5. The lowest BCUT2D eigenvalue weighted by atomic mass is 9.91. The number of halogens is 1. The average Bonchev–Trinajstić information content (AvgIpc) is 3.03. The van der Waals surface area contributed by atoms with Gasteiger partial charge in [-0.15, -0.1) is 11.6 Å². The maximum atomic E-state index is 13.4. The minimum Gasteiger partial charge on any atom is -0.493 e. The van der Waals surface area contributed by atoms with Crippen molar-refractivity contribution in [2.45, 2.75) is 59.3 Å². The number of rotatable bonds is 10. The molecule has 3 rings (SSSR count). The van der Waals surface area contributed by atoms with E-state index in [-0.39, 0.29) is 29.5 Å². The second-order valence-corrected chi connectivity index (χ2v) is 11.5. The molecule has 44 heavy (non-hydrogen) atoms. The number of aromatic nitrogens is 1. The molecule has 4 atom stereocenters. The lowest BCUT2D eigenvalue weighted by Gasteiger charge is -2.29. The standard InChI is InChI=1S/C31H37ClN2O10/c1-17(2)27(36)43-24-18(3)42-29(38)21(15-41-28(37)20(24)14-19-10-8-7-9-11-19)34-26(35)23-25(22(40-6)12-13-33-23)44-30(39)31(4,5)16-32/h7-13,17-18,20-21,24H,14-16H2,1-6H3,(H,34,35). The summed E-state index contributed by atoms with van der Waals surface area (Å²) in [6.45, 7) is 7.30. The van der Waals surface area contributed by atoms with Gasteiger partial charge >= 0.3 is 23.9 Å². The minimum atomic E-state index is -1.48. The van der Waals surface area contributed by atoms with E-state index in [0.717, 1.165) is 5.56 Å². The summed E-state index contributed by atoms with van der Waals surface area (Å²) in [5, 5.41) is 2.44. The summed E-state index contributed by atoms with van der Waals surface area (Å²) in [5.74, 6) is -5.84. The van der Waals surface area contributed by atoms with Crippen LogP contribution in [-0.2, 0) is 39.8 Å². The maximum absolute atomic E-state index is 13.4. The summed E-state index contributed by atoms with van der Waals surface area (Å²) in [4.78, 5) is 69.5. The lowest BCUT2D eigenvalue weighted by molar-refractivity contribution is -0.176. The fourth-order valence-electron chi connectivity index (χ4n) is 4.11. The van der Waals surface area contributed by atoms with Crippen LogP contribution >= 0.6 is 11.6 Å². The van der Waals surface area contributed by atoms with Crippen LogP contribution in [0.3, 0.4) is 0 Å². The van der Waals surface area contributed by atoms with Crippen LogP contribution in [0.2, 0.25) is 0 Å². The number of nitrogens with zero attached hydrogens (tertiary/aromatic N) is 1. The number of nitrogens with one attached hydrogen (secondary N) is 1. The molecule has 1 fully saturated rings. The highest BCUT2D eigenvalue weighted by molar-refractivity contribution is 6.19. The molecule has 0 radical (unpaired) electrons. The summed E-state index contributed by atoms with van der Waals surface area (Å²) in [5.41, 5.74) is -0.708.